The number of hydrogen-bond donors (Lipinski definition) is 0. The Bertz CT molecular complexity index is 282. The van der Waals surface area contributed by atoms with Gasteiger partial charge in [-0.3, -0.25) is 4.68 Å². The monoisotopic (exact) mass is 198 g/mol. The molecule has 0 spiro atoms. The normalized spacial score (nSPS) is 28.2. The third-order valence-electron chi connectivity index (χ3n) is 2.81. The molecule has 0 N–H and O–H groups in total. The van der Waals surface area contributed by atoms with Crippen LogP contribution >= 0.6 is 11.6 Å². The van der Waals surface area contributed by atoms with Gasteiger partial charge in [0.2, 0.25) is 0 Å². The smallest absolute Gasteiger partial charge is 0.0627 e. The van der Waals surface area contributed by atoms with Gasteiger partial charge in [-0.05, 0) is 31.2 Å². The van der Waals surface area contributed by atoms with Gasteiger partial charge in [-0.15, -0.1) is 11.6 Å². The summed E-state index contributed by atoms with van der Waals surface area (Å²) in [5.74, 6) is 0.650. The highest BCUT2D eigenvalue weighted by Crippen LogP contribution is 2.32. The lowest BCUT2D eigenvalue weighted by molar-refractivity contribution is 0.539. The molecule has 1 aliphatic rings. The van der Waals surface area contributed by atoms with Crippen LogP contribution in [-0.2, 0) is 13.5 Å². The van der Waals surface area contributed by atoms with E-state index in [2.05, 4.69) is 11.2 Å². The molecule has 1 fully saturated rings. The fraction of sp³-hybridized carbons (Fsp3) is 0.700. The molecule has 1 aliphatic carbocycles. The molecule has 13 heavy (non-hydrogen) atoms. The second kappa shape index (κ2) is 3.70. The minimum absolute atomic E-state index is 0.377. The number of aryl methyl sites for hydroxylation is 1. The van der Waals surface area contributed by atoms with Crippen molar-refractivity contribution in [2.75, 3.05) is 0 Å². The number of alkyl halides is 1. The molecule has 2 nitrogen and oxygen atoms in total. The second-order valence-corrected chi connectivity index (χ2v) is 4.45. The summed E-state index contributed by atoms with van der Waals surface area (Å²) in [5, 5.41) is 4.74. The van der Waals surface area contributed by atoms with Crippen LogP contribution in [0.25, 0.3) is 0 Å². The van der Waals surface area contributed by atoms with Crippen LogP contribution in [0, 0.1) is 5.92 Å². The Hall–Kier alpha value is -0.500. The van der Waals surface area contributed by atoms with E-state index < -0.39 is 0 Å². The molecule has 0 aliphatic heterocycles. The van der Waals surface area contributed by atoms with E-state index in [1.165, 1.54) is 25.0 Å². The van der Waals surface area contributed by atoms with Crippen LogP contribution in [-0.4, -0.2) is 15.2 Å². The van der Waals surface area contributed by atoms with Gasteiger partial charge in [-0.1, -0.05) is 6.42 Å². The zero-order chi connectivity index (χ0) is 9.26. The molecule has 0 amide bonds. The van der Waals surface area contributed by atoms with Crippen LogP contribution in [0.5, 0.6) is 0 Å². The number of nitrogens with zero attached hydrogens (tertiary/aromatic N) is 2. The molecule has 1 aromatic heterocycles. The van der Waals surface area contributed by atoms with E-state index >= 15 is 0 Å². The highest BCUT2D eigenvalue weighted by atomic mass is 35.5. The maximum atomic E-state index is 6.20. The van der Waals surface area contributed by atoms with Crippen LogP contribution in [0.3, 0.4) is 0 Å². The van der Waals surface area contributed by atoms with Gasteiger partial charge in [0.1, 0.15) is 0 Å². The Morgan fingerprint density at radius 3 is 3.00 bits per heavy atom. The summed E-state index contributed by atoms with van der Waals surface area (Å²) in [6.45, 7) is 0. The van der Waals surface area contributed by atoms with Crippen molar-refractivity contribution in [2.45, 2.75) is 31.1 Å². The van der Waals surface area contributed by atoms with E-state index in [1.54, 1.807) is 0 Å². The van der Waals surface area contributed by atoms with Crippen molar-refractivity contribution in [3.05, 3.63) is 18.0 Å². The van der Waals surface area contributed by atoms with Crippen molar-refractivity contribution in [1.29, 1.82) is 0 Å². The average molecular weight is 199 g/mol. The molecule has 2 atom stereocenters. The summed E-state index contributed by atoms with van der Waals surface area (Å²) in [4.78, 5) is 0. The Labute approximate surface area is 83.9 Å². The lowest BCUT2D eigenvalue weighted by Crippen LogP contribution is -2.10. The zero-order valence-corrected chi connectivity index (χ0v) is 8.67. The number of hydrogen-bond acceptors (Lipinski definition) is 1. The first-order valence-electron chi connectivity index (χ1n) is 4.88. The minimum Gasteiger partial charge on any atom is -0.276 e. The van der Waals surface area contributed by atoms with Crippen LogP contribution in [0.1, 0.15) is 25.0 Å². The molecule has 0 aromatic carbocycles. The predicted molar refractivity (Wildman–Crippen MR) is 53.9 cm³/mol. The Kier molecular flexibility index (Phi) is 2.58. The first-order chi connectivity index (χ1) is 6.25. The zero-order valence-electron chi connectivity index (χ0n) is 7.91. The third-order valence-corrected chi connectivity index (χ3v) is 3.38. The average Bonchev–Trinajstić information content (AvgIpc) is 2.64. The molecule has 2 rings (SSSR count). The van der Waals surface area contributed by atoms with Crippen LogP contribution in [0.2, 0.25) is 0 Å². The van der Waals surface area contributed by atoms with E-state index in [0.717, 1.165) is 6.42 Å². The van der Waals surface area contributed by atoms with Crippen molar-refractivity contribution in [3.63, 3.8) is 0 Å². The van der Waals surface area contributed by atoms with E-state index in [-0.39, 0.29) is 0 Å². The fourth-order valence-corrected chi connectivity index (χ4v) is 2.43. The summed E-state index contributed by atoms with van der Waals surface area (Å²) >= 11 is 6.20. The summed E-state index contributed by atoms with van der Waals surface area (Å²) in [6.07, 6.45) is 6.78. The van der Waals surface area contributed by atoms with Gasteiger partial charge in [0, 0.05) is 18.6 Å². The van der Waals surface area contributed by atoms with Gasteiger partial charge < -0.3 is 0 Å². The SMILES string of the molecule is Cn1ccc(CC2CCCC2Cl)n1. The van der Waals surface area contributed by atoms with Gasteiger partial charge in [-0.2, -0.15) is 5.10 Å². The van der Waals surface area contributed by atoms with Crippen LogP contribution in [0.15, 0.2) is 12.3 Å². The van der Waals surface area contributed by atoms with Gasteiger partial charge in [0.15, 0.2) is 0 Å². The molecule has 1 saturated carbocycles. The van der Waals surface area contributed by atoms with Gasteiger partial charge in [0.25, 0.3) is 0 Å². The molecule has 1 aromatic rings. The molecule has 0 radical (unpaired) electrons. The topological polar surface area (TPSA) is 17.8 Å². The highest BCUT2D eigenvalue weighted by Gasteiger charge is 2.25. The lowest BCUT2D eigenvalue weighted by Gasteiger charge is -2.10. The van der Waals surface area contributed by atoms with E-state index in [1.807, 2.05) is 17.9 Å². The van der Waals surface area contributed by atoms with E-state index in [4.69, 9.17) is 11.6 Å². The van der Waals surface area contributed by atoms with Crippen molar-refractivity contribution in [3.8, 4) is 0 Å². The standard InChI is InChI=1S/C10H15ClN2/c1-13-6-5-9(12-13)7-8-3-2-4-10(8)11/h5-6,8,10H,2-4,7H2,1H3. The van der Waals surface area contributed by atoms with Gasteiger partial charge in [0.05, 0.1) is 5.69 Å². The number of halogens is 1. The summed E-state index contributed by atoms with van der Waals surface area (Å²) < 4.78 is 1.85. The second-order valence-electron chi connectivity index (χ2n) is 3.89. The molecule has 0 bridgehead atoms. The summed E-state index contributed by atoms with van der Waals surface area (Å²) in [5.41, 5.74) is 1.18. The van der Waals surface area contributed by atoms with E-state index in [9.17, 15) is 0 Å². The fourth-order valence-electron chi connectivity index (χ4n) is 2.06. The quantitative estimate of drug-likeness (QED) is 0.668. The maximum absolute atomic E-state index is 6.20. The number of aromatic nitrogens is 2. The van der Waals surface area contributed by atoms with Crippen molar-refractivity contribution in [1.82, 2.24) is 9.78 Å². The number of rotatable bonds is 2. The van der Waals surface area contributed by atoms with Crippen LogP contribution < -0.4 is 0 Å². The first-order valence-corrected chi connectivity index (χ1v) is 5.32. The van der Waals surface area contributed by atoms with Crippen molar-refractivity contribution in [2.24, 2.45) is 13.0 Å². The molecular weight excluding hydrogens is 184 g/mol. The Morgan fingerprint density at radius 1 is 1.62 bits per heavy atom. The summed E-state index contributed by atoms with van der Waals surface area (Å²) in [7, 11) is 1.95. The minimum atomic E-state index is 0.377. The highest BCUT2D eigenvalue weighted by molar-refractivity contribution is 6.20. The molecule has 2 unspecified atom stereocenters. The molecule has 3 heteroatoms. The van der Waals surface area contributed by atoms with Crippen molar-refractivity contribution >= 4 is 11.6 Å². The Morgan fingerprint density at radius 2 is 2.46 bits per heavy atom. The van der Waals surface area contributed by atoms with Gasteiger partial charge >= 0.3 is 0 Å². The molecular formula is C10H15ClN2. The van der Waals surface area contributed by atoms with Crippen LogP contribution in [0.4, 0.5) is 0 Å². The first kappa shape index (κ1) is 9.07. The molecule has 72 valence electrons. The predicted octanol–water partition coefficient (Wildman–Crippen LogP) is 2.37. The maximum Gasteiger partial charge on any atom is 0.0627 e. The van der Waals surface area contributed by atoms with Gasteiger partial charge in [-0.25, -0.2) is 0 Å². The Balaban J connectivity index is 1.97. The molecule has 1 heterocycles. The lowest BCUT2D eigenvalue weighted by atomic mass is 10.0. The third kappa shape index (κ3) is 2.05. The van der Waals surface area contributed by atoms with E-state index in [0.29, 0.717) is 11.3 Å². The largest absolute Gasteiger partial charge is 0.276 e. The molecule has 0 saturated heterocycles. The summed E-state index contributed by atoms with van der Waals surface area (Å²) in [6, 6.07) is 2.09. The van der Waals surface area contributed by atoms with Crippen molar-refractivity contribution < 1.29 is 0 Å².